The van der Waals surface area contributed by atoms with Crippen LogP contribution in [0.1, 0.15) is 60.4 Å². The molecule has 1 unspecified atom stereocenters. The van der Waals surface area contributed by atoms with Crippen LogP contribution in [0.5, 0.6) is 5.75 Å². The zero-order chi connectivity index (χ0) is 19.6. The van der Waals surface area contributed by atoms with Crippen LogP contribution in [0.2, 0.25) is 0 Å². The number of amides is 1. The van der Waals surface area contributed by atoms with E-state index in [-0.39, 0.29) is 11.9 Å². The molecular formula is C20H26N4O3. The summed E-state index contributed by atoms with van der Waals surface area (Å²) in [6.07, 6.45) is 2.10. The van der Waals surface area contributed by atoms with Crippen LogP contribution < -0.4 is 10.1 Å². The molecule has 1 amide bonds. The van der Waals surface area contributed by atoms with Crippen molar-refractivity contribution in [1.82, 2.24) is 20.0 Å². The fraction of sp³-hybridized carbons (Fsp3) is 0.450. The molecule has 0 aliphatic rings. The Bertz CT molecular complexity index is 938. The van der Waals surface area contributed by atoms with Gasteiger partial charge in [0, 0.05) is 12.6 Å². The first kappa shape index (κ1) is 18.9. The monoisotopic (exact) mass is 370 g/mol. The third kappa shape index (κ3) is 3.67. The van der Waals surface area contributed by atoms with E-state index in [2.05, 4.69) is 22.0 Å². The van der Waals surface area contributed by atoms with Crippen molar-refractivity contribution in [1.29, 1.82) is 0 Å². The Morgan fingerprint density at radius 3 is 2.78 bits per heavy atom. The predicted molar refractivity (Wildman–Crippen MR) is 103 cm³/mol. The molecular weight excluding hydrogens is 344 g/mol. The number of benzene rings is 1. The van der Waals surface area contributed by atoms with Gasteiger partial charge in [0.25, 0.3) is 5.91 Å². The first-order valence-electron chi connectivity index (χ1n) is 9.24. The summed E-state index contributed by atoms with van der Waals surface area (Å²) in [5, 5.41) is 6.89. The van der Waals surface area contributed by atoms with Gasteiger partial charge < -0.3 is 19.1 Å². The second-order valence-electron chi connectivity index (χ2n) is 6.72. The van der Waals surface area contributed by atoms with Crippen molar-refractivity contribution in [3.8, 4) is 5.75 Å². The molecule has 2 aromatic heterocycles. The third-order valence-electron chi connectivity index (χ3n) is 4.72. The van der Waals surface area contributed by atoms with Crippen molar-refractivity contribution in [3.05, 3.63) is 41.0 Å². The lowest BCUT2D eigenvalue weighted by Crippen LogP contribution is -2.29. The minimum atomic E-state index is -0.263. The van der Waals surface area contributed by atoms with Crippen LogP contribution in [0, 0.1) is 13.8 Å². The van der Waals surface area contributed by atoms with Gasteiger partial charge in [-0.3, -0.25) is 4.79 Å². The number of rotatable bonds is 7. The molecule has 0 radical (unpaired) electrons. The standard InChI is InChI=1S/C20H26N4O3/c1-6-7-10-24-17-11-15(26-5)8-9-16(17)22-19(24)13(3)21-20(25)18-12(2)23-27-14(18)4/h8-9,11,13H,6-7,10H2,1-5H3,(H,21,25). The summed E-state index contributed by atoms with van der Waals surface area (Å²) >= 11 is 0. The number of nitrogens with zero attached hydrogens (tertiary/aromatic N) is 3. The van der Waals surface area contributed by atoms with Gasteiger partial charge in [0.15, 0.2) is 0 Å². The maximum Gasteiger partial charge on any atom is 0.257 e. The second-order valence-corrected chi connectivity index (χ2v) is 6.72. The molecule has 1 atom stereocenters. The van der Waals surface area contributed by atoms with Crippen molar-refractivity contribution >= 4 is 16.9 Å². The molecule has 1 N–H and O–H groups in total. The fourth-order valence-electron chi connectivity index (χ4n) is 3.27. The highest BCUT2D eigenvalue weighted by molar-refractivity contribution is 5.96. The van der Waals surface area contributed by atoms with Gasteiger partial charge in [-0.1, -0.05) is 18.5 Å². The number of methoxy groups -OCH3 is 1. The smallest absolute Gasteiger partial charge is 0.257 e. The second kappa shape index (κ2) is 7.82. The lowest BCUT2D eigenvalue weighted by atomic mass is 10.1. The number of aryl methyl sites for hydroxylation is 3. The van der Waals surface area contributed by atoms with Crippen molar-refractivity contribution < 1.29 is 14.1 Å². The summed E-state index contributed by atoms with van der Waals surface area (Å²) < 4.78 is 12.6. The van der Waals surface area contributed by atoms with Gasteiger partial charge in [0.1, 0.15) is 22.9 Å². The zero-order valence-corrected chi connectivity index (χ0v) is 16.5. The van der Waals surface area contributed by atoms with Gasteiger partial charge in [0.2, 0.25) is 0 Å². The molecule has 0 spiro atoms. The van der Waals surface area contributed by atoms with Gasteiger partial charge in [-0.25, -0.2) is 4.98 Å². The zero-order valence-electron chi connectivity index (χ0n) is 16.5. The van der Waals surface area contributed by atoms with E-state index in [4.69, 9.17) is 14.2 Å². The third-order valence-corrected chi connectivity index (χ3v) is 4.72. The van der Waals surface area contributed by atoms with Gasteiger partial charge in [-0.05, 0) is 39.3 Å². The molecule has 0 saturated heterocycles. The van der Waals surface area contributed by atoms with Crippen molar-refractivity contribution in [3.63, 3.8) is 0 Å². The number of carbonyl (C=O) groups excluding carboxylic acids is 1. The molecule has 0 saturated carbocycles. The van der Waals surface area contributed by atoms with Gasteiger partial charge >= 0.3 is 0 Å². The summed E-state index contributed by atoms with van der Waals surface area (Å²) in [6, 6.07) is 5.57. The first-order valence-corrected chi connectivity index (χ1v) is 9.24. The van der Waals surface area contributed by atoms with E-state index < -0.39 is 0 Å². The van der Waals surface area contributed by atoms with Crippen LogP contribution in [-0.4, -0.2) is 27.7 Å². The highest BCUT2D eigenvalue weighted by Gasteiger charge is 2.23. The van der Waals surface area contributed by atoms with Crippen LogP contribution >= 0.6 is 0 Å². The number of ether oxygens (including phenoxy) is 1. The quantitative estimate of drug-likeness (QED) is 0.681. The Morgan fingerprint density at radius 2 is 2.15 bits per heavy atom. The van der Waals surface area contributed by atoms with E-state index in [0.29, 0.717) is 17.0 Å². The lowest BCUT2D eigenvalue weighted by molar-refractivity contribution is 0.0935. The number of hydrogen-bond acceptors (Lipinski definition) is 5. The molecule has 1 aromatic carbocycles. The number of imidazole rings is 1. The molecule has 3 aromatic rings. The largest absolute Gasteiger partial charge is 0.497 e. The highest BCUT2D eigenvalue weighted by Crippen LogP contribution is 2.26. The number of unbranched alkanes of at least 4 members (excludes halogenated alkanes) is 1. The van der Waals surface area contributed by atoms with Crippen LogP contribution in [0.25, 0.3) is 11.0 Å². The molecule has 2 heterocycles. The number of nitrogens with one attached hydrogen (secondary N) is 1. The van der Waals surface area contributed by atoms with Crippen molar-refractivity contribution in [2.24, 2.45) is 0 Å². The molecule has 3 rings (SSSR count). The van der Waals surface area contributed by atoms with Crippen LogP contribution in [0.4, 0.5) is 0 Å². The average Bonchev–Trinajstić information content (AvgIpc) is 3.18. The van der Waals surface area contributed by atoms with Crippen LogP contribution in [0.3, 0.4) is 0 Å². The Labute approximate surface area is 158 Å². The number of aromatic nitrogens is 3. The summed E-state index contributed by atoms with van der Waals surface area (Å²) in [4.78, 5) is 17.5. The molecule has 27 heavy (non-hydrogen) atoms. The maximum atomic E-state index is 12.7. The normalized spacial score (nSPS) is 12.3. The van der Waals surface area contributed by atoms with Crippen molar-refractivity contribution in [2.45, 2.75) is 53.1 Å². The Kier molecular flexibility index (Phi) is 5.48. The first-order chi connectivity index (χ1) is 13.0. The van der Waals surface area contributed by atoms with E-state index in [1.807, 2.05) is 25.1 Å². The number of hydrogen-bond donors (Lipinski definition) is 1. The SMILES string of the molecule is CCCCn1c(C(C)NC(=O)c2c(C)noc2C)nc2ccc(OC)cc21. The molecule has 7 heteroatoms. The van der Waals surface area contributed by atoms with Crippen LogP contribution in [-0.2, 0) is 6.54 Å². The minimum absolute atomic E-state index is 0.203. The summed E-state index contributed by atoms with van der Waals surface area (Å²) in [6.45, 7) is 8.43. The van der Waals surface area contributed by atoms with E-state index in [1.165, 1.54) is 0 Å². The number of fused-ring (bicyclic) bond motifs is 1. The summed E-state index contributed by atoms with van der Waals surface area (Å²) in [5.41, 5.74) is 2.97. The molecule has 144 valence electrons. The van der Waals surface area contributed by atoms with Gasteiger partial charge in [-0.15, -0.1) is 0 Å². The van der Waals surface area contributed by atoms with Gasteiger partial charge in [-0.2, -0.15) is 0 Å². The minimum Gasteiger partial charge on any atom is -0.497 e. The Morgan fingerprint density at radius 1 is 1.37 bits per heavy atom. The van der Waals surface area contributed by atoms with E-state index >= 15 is 0 Å². The topological polar surface area (TPSA) is 82.2 Å². The van der Waals surface area contributed by atoms with E-state index in [1.54, 1.807) is 21.0 Å². The fourth-order valence-corrected chi connectivity index (χ4v) is 3.27. The lowest BCUT2D eigenvalue weighted by Gasteiger charge is -2.16. The molecule has 0 fully saturated rings. The highest BCUT2D eigenvalue weighted by atomic mass is 16.5. The Hall–Kier alpha value is -2.83. The number of carbonyl (C=O) groups is 1. The van der Waals surface area contributed by atoms with Gasteiger partial charge in [0.05, 0.1) is 29.9 Å². The van der Waals surface area contributed by atoms with E-state index in [9.17, 15) is 4.79 Å². The van der Waals surface area contributed by atoms with E-state index in [0.717, 1.165) is 42.0 Å². The summed E-state index contributed by atoms with van der Waals surface area (Å²) in [7, 11) is 1.65. The molecule has 7 nitrogen and oxygen atoms in total. The van der Waals surface area contributed by atoms with Crippen LogP contribution in [0.15, 0.2) is 22.7 Å². The molecule has 0 bridgehead atoms. The predicted octanol–water partition coefficient (Wildman–Crippen LogP) is 3.94. The molecule has 0 aliphatic carbocycles. The summed E-state index contributed by atoms with van der Waals surface area (Å²) in [5.74, 6) is 1.93. The average molecular weight is 370 g/mol. The Balaban J connectivity index is 1.95. The molecule has 0 aliphatic heterocycles. The maximum absolute atomic E-state index is 12.7. The van der Waals surface area contributed by atoms with Crippen molar-refractivity contribution in [2.75, 3.05) is 7.11 Å².